The predicted octanol–water partition coefficient (Wildman–Crippen LogP) is 2.39. The Bertz CT molecular complexity index is 381. The topological polar surface area (TPSA) is 61.4 Å². The Kier molecular flexibility index (Phi) is 6.14. The van der Waals surface area contributed by atoms with Crippen LogP contribution in [0.1, 0.15) is 64.7 Å². The van der Waals surface area contributed by atoms with Gasteiger partial charge in [-0.2, -0.15) is 0 Å². The number of halogens is 1. The van der Waals surface area contributed by atoms with Crippen molar-refractivity contribution in [2.75, 3.05) is 6.54 Å². The van der Waals surface area contributed by atoms with Crippen molar-refractivity contribution in [3.63, 3.8) is 0 Å². The minimum atomic E-state index is -0.263. The zero-order chi connectivity index (χ0) is 14.9. The average Bonchev–Trinajstić information content (AvgIpc) is 2.79. The number of piperidine rings is 1. The maximum absolute atomic E-state index is 12.2. The molecule has 0 spiro atoms. The van der Waals surface area contributed by atoms with E-state index in [2.05, 4.69) is 17.6 Å². The largest absolute Gasteiger partial charge is 0.392 e. The van der Waals surface area contributed by atoms with Gasteiger partial charge in [0.15, 0.2) is 0 Å². The SMILES string of the molecule is CC1(CNC(=O)CC2CC3CCC(C2)N3)CCCCC1O.Cl. The number of hydrogen-bond acceptors (Lipinski definition) is 3. The van der Waals surface area contributed by atoms with Gasteiger partial charge < -0.3 is 15.7 Å². The molecule has 2 aliphatic heterocycles. The zero-order valence-corrected chi connectivity index (χ0v) is 14.5. The Balaban J connectivity index is 0.00000176. The summed E-state index contributed by atoms with van der Waals surface area (Å²) < 4.78 is 0. The molecule has 0 aromatic carbocycles. The maximum atomic E-state index is 12.2. The van der Waals surface area contributed by atoms with Gasteiger partial charge in [0.1, 0.15) is 0 Å². The first-order valence-electron chi connectivity index (χ1n) is 8.76. The summed E-state index contributed by atoms with van der Waals surface area (Å²) in [5.41, 5.74) is -0.124. The van der Waals surface area contributed by atoms with Crippen molar-refractivity contribution in [1.82, 2.24) is 10.6 Å². The van der Waals surface area contributed by atoms with Crippen molar-refractivity contribution in [2.45, 2.75) is 82.9 Å². The van der Waals surface area contributed by atoms with Crippen molar-refractivity contribution in [3.8, 4) is 0 Å². The Morgan fingerprint density at radius 1 is 1.23 bits per heavy atom. The molecule has 4 nitrogen and oxygen atoms in total. The normalized spacial score (nSPS) is 40.8. The summed E-state index contributed by atoms with van der Waals surface area (Å²) in [5.74, 6) is 0.730. The van der Waals surface area contributed by atoms with Gasteiger partial charge >= 0.3 is 0 Å². The molecule has 5 heteroatoms. The van der Waals surface area contributed by atoms with Crippen LogP contribution in [0.4, 0.5) is 0 Å². The monoisotopic (exact) mass is 330 g/mol. The van der Waals surface area contributed by atoms with Crippen LogP contribution in [-0.4, -0.2) is 35.7 Å². The fourth-order valence-electron chi connectivity index (χ4n) is 4.56. The highest BCUT2D eigenvalue weighted by atomic mass is 35.5. The molecule has 0 radical (unpaired) electrons. The van der Waals surface area contributed by atoms with Crippen LogP contribution in [0.15, 0.2) is 0 Å². The zero-order valence-electron chi connectivity index (χ0n) is 13.6. The maximum Gasteiger partial charge on any atom is 0.220 e. The number of amides is 1. The second kappa shape index (κ2) is 7.50. The standard InChI is InChI=1S/C17H30N2O2.ClH/c1-17(7-3-2-4-15(17)20)11-18-16(21)10-12-8-13-5-6-14(9-12)19-13;/h12-15,19-20H,2-11H2,1H3,(H,18,21);1H. The van der Waals surface area contributed by atoms with Gasteiger partial charge in [-0.05, 0) is 44.4 Å². The van der Waals surface area contributed by atoms with Gasteiger partial charge in [-0.3, -0.25) is 4.79 Å². The van der Waals surface area contributed by atoms with Crippen molar-refractivity contribution < 1.29 is 9.90 Å². The van der Waals surface area contributed by atoms with Crippen molar-refractivity contribution >= 4 is 18.3 Å². The molecule has 3 aliphatic rings. The molecular weight excluding hydrogens is 300 g/mol. The summed E-state index contributed by atoms with van der Waals surface area (Å²) in [6, 6.07) is 1.30. The molecule has 1 aliphatic carbocycles. The van der Waals surface area contributed by atoms with Crippen LogP contribution in [0.2, 0.25) is 0 Å². The Morgan fingerprint density at radius 2 is 1.91 bits per heavy atom. The lowest BCUT2D eigenvalue weighted by molar-refractivity contribution is -0.123. The minimum Gasteiger partial charge on any atom is -0.392 e. The molecule has 2 bridgehead atoms. The second-order valence-corrected chi connectivity index (χ2v) is 7.87. The first-order chi connectivity index (χ1) is 10.0. The van der Waals surface area contributed by atoms with E-state index in [9.17, 15) is 9.90 Å². The summed E-state index contributed by atoms with van der Waals surface area (Å²) in [7, 11) is 0. The van der Waals surface area contributed by atoms with Crippen molar-refractivity contribution in [1.29, 1.82) is 0 Å². The predicted molar refractivity (Wildman–Crippen MR) is 90.1 cm³/mol. The van der Waals surface area contributed by atoms with Gasteiger partial charge in [-0.1, -0.05) is 19.8 Å². The van der Waals surface area contributed by atoms with E-state index in [0.717, 1.165) is 32.1 Å². The second-order valence-electron chi connectivity index (χ2n) is 7.87. The third-order valence-electron chi connectivity index (χ3n) is 6.01. The summed E-state index contributed by atoms with van der Waals surface area (Å²) in [6.45, 7) is 2.74. The van der Waals surface area contributed by atoms with Crippen LogP contribution >= 0.6 is 12.4 Å². The molecule has 22 heavy (non-hydrogen) atoms. The van der Waals surface area contributed by atoms with E-state index in [1.807, 2.05) is 0 Å². The third kappa shape index (κ3) is 4.15. The lowest BCUT2D eigenvalue weighted by atomic mass is 9.73. The number of carbonyl (C=O) groups is 1. The minimum absolute atomic E-state index is 0. The molecule has 4 atom stereocenters. The molecule has 4 unspecified atom stereocenters. The first-order valence-corrected chi connectivity index (χ1v) is 8.76. The Morgan fingerprint density at radius 3 is 2.55 bits per heavy atom. The van der Waals surface area contributed by atoms with Crippen LogP contribution in [0.5, 0.6) is 0 Å². The molecule has 3 fully saturated rings. The highest BCUT2D eigenvalue weighted by Crippen LogP contribution is 2.36. The number of hydrogen-bond donors (Lipinski definition) is 3. The van der Waals surface area contributed by atoms with Gasteiger partial charge in [0.25, 0.3) is 0 Å². The first kappa shape index (κ1) is 18.0. The molecular formula is C17H31ClN2O2. The third-order valence-corrected chi connectivity index (χ3v) is 6.01. The van der Waals surface area contributed by atoms with Gasteiger partial charge in [-0.15, -0.1) is 12.4 Å². The molecule has 128 valence electrons. The van der Waals surface area contributed by atoms with E-state index in [1.165, 1.54) is 19.3 Å². The quantitative estimate of drug-likeness (QED) is 0.741. The number of nitrogens with one attached hydrogen (secondary N) is 2. The van der Waals surface area contributed by atoms with Crippen LogP contribution in [0, 0.1) is 11.3 Å². The molecule has 0 aromatic rings. The van der Waals surface area contributed by atoms with E-state index in [0.29, 0.717) is 31.0 Å². The van der Waals surface area contributed by atoms with Gasteiger partial charge in [-0.25, -0.2) is 0 Å². The van der Waals surface area contributed by atoms with E-state index in [-0.39, 0.29) is 29.8 Å². The molecule has 2 saturated heterocycles. The Labute approximate surface area is 140 Å². The number of aliphatic hydroxyl groups is 1. The Hall–Kier alpha value is -0.320. The molecule has 0 aromatic heterocycles. The lowest BCUT2D eigenvalue weighted by Crippen LogP contribution is -2.46. The summed E-state index contributed by atoms with van der Waals surface area (Å²) in [6.07, 6.45) is 9.47. The smallest absolute Gasteiger partial charge is 0.220 e. The van der Waals surface area contributed by atoms with E-state index in [1.54, 1.807) is 0 Å². The summed E-state index contributed by atoms with van der Waals surface area (Å²) in [4.78, 5) is 12.2. The number of carbonyl (C=O) groups excluding carboxylic acids is 1. The fraction of sp³-hybridized carbons (Fsp3) is 0.941. The summed E-state index contributed by atoms with van der Waals surface area (Å²) >= 11 is 0. The highest BCUT2D eigenvalue weighted by Gasteiger charge is 2.37. The van der Waals surface area contributed by atoms with Crippen LogP contribution < -0.4 is 10.6 Å². The van der Waals surface area contributed by atoms with E-state index >= 15 is 0 Å². The number of rotatable bonds is 4. The van der Waals surface area contributed by atoms with E-state index < -0.39 is 0 Å². The molecule has 2 heterocycles. The molecule has 1 saturated carbocycles. The number of aliphatic hydroxyl groups excluding tert-OH is 1. The number of fused-ring (bicyclic) bond motifs is 2. The van der Waals surface area contributed by atoms with E-state index in [4.69, 9.17) is 0 Å². The van der Waals surface area contributed by atoms with Gasteiger partial charge in [0.05, 0.1) is 6.10 Å². The lowest BCUT2D eigenvalue weighted by Gasteiger charge is -2.38. The molecule has 3 rings (SSSR count). The van der Waals surface area contributed by atoms with Gasteiger partial charge in [0, 0.05) is 30.5 Å². The van der Waals surface area contributed by atoms with Crippen molar-refractivity contribution in [3.05, 3.63) is 0 Å². The summed E-state index contributed by atoms with van der Waals surface area (Å²) in [5, 5.41) is 16.9. The fourth-order valence-corrected chi connectivity index (χ4v) is 4.56. The average molecular weight is 331 g/mol. The highest BCUT2D eigenvalue weighted by molar-refractivity contribution is 5.85. The van der Waals surface area contributed by atoms with Gasteiger partial charge in [0.2, 0.25) is 5.91 Å². The molecule has 3 N–H and O–H groups in total. The van der Waals surface area contributed by atoms with Crippen LogP contribution in [-0.2, 0) is 4.79 Å². The molecule has 1 amide bonds. The van der Waals surface area contributed by atoms with Crippen molar-refractivity contribution in [2.24, 2.45) is 11.3 Å². The van der Waals surface area contributed by atoms with Crippen LogP contribution in [0.3, 0.4) is 0 Å². The van der Waals surface area contributed by atoms with Crippen LogP contribution in [0.25, 0.3) is 0 Å².